The Balaban J connectivity index is 1.63. The maximum Gasteiger partial charge on any atom is 0.226 e. The second-order valence-electron chi connectivity index (χ2n) is 5.73. The number of oxazole rings is 1. The molecule has 0 unspecified atom stereocenters. The molecule has 22 heavy (non-hydrogen) atoms. The molecule has 0 fully saturated rings. The van der Waals surface area contributed by atoms with E-state index in [9.17, 15) is 0 Å². The maximum absolute atomic E-state index is 5.81. The van der Waals surface area contributed by atoms with Crippen LogP contribution < -0.4 is 0 Å². The second-order valence-corrected chi connectivity index (χ2v) is 5.73. The predicted molar refractivity (Wildman–Crippen MR) is 89.9 cm³/mol. The molecule has 0 aliphatic heterocycles. The second kappa shape index (κ2) is 6.61. The van der Waals surface area contributed by atoms with Gasteiger partial charge in [-0.15, -0.1) is 0 Å². The van der Waals surface area contributed by atoms with Crippen LogP contribution in [-0.4, -0.2) is 4.98 Å². The van der Waals surface area contributed by atoms with Crippen molar-refractivity contribution >= 4 is 0 Å². The van der Waals surface area contributed by atoms with Crippen LogP contribution in [0.1, 0.15) is 29.0 Å². The lowest BCUT2D eigenvalue weighted by Crippen LogP contribution is -1.92. The SMILES string of the molecule is Cc1ccc(CCCc2nc(-c3ccccc3)oc2C)cc1. The largest absolute Gasteiger partial charge is 0.441 e. The molecule has 3 aromatic rings. The van der Waals surface area contributed by atoms with Crippen molar-refractivity contribution in [2.45, 2.75) is 33.1 Å². The number of aryl methyl sites for hydroxylation is 4. The van der Waals surface area contributed by atoms with Crippen LogP contribution in [0.4, 0.5) is 0 Å². The molecule has 0 radical (unpaired) electrons. The zero-order valence-electron chi connectivity index (χ0n) is 13.2. The van der Waals surface area contributed by atoms with Gasteiger partial charge in [-0.1, -0.05) is 48.0 Å². The molecule has 2 nitrogen and oxygen atoms in total. The standard InChI is InChI=1S/C20H21NO/c1-15-11-13-17(14-12-15)7-6-10-19-16(2)22-20(21-19)18-8-4-3-5-9-18/h3-5,8-9,11-14H,6-7,10H2,1-2H3. The van der Waals surface area contributed by atoms with Gasteiger partial charge in [0.05, 0.1) is 5.69 Å². The lowest BCUT2D eigenvalue weighted by atomic mass is 10.1. The van der Waals surface area contributed by atoms with Crippen molar-refractivity contribution in [1.82, 2.24) is 4.98 Å². The highest BCUT2D eigenvalue weighted by Crippen LogP contribution is 2.22. The van der Waals surface area contributed by atoms with Crippen LogP contribution in [0.2, 0.25) is 0 Å². The first-order chi connectivity index (χ1) is 10.7. The van der Waals surface area contributed by atoms with Crippen molar-refractivity contribution in [3.05, 3.63) is 77.2 Å². The Kier molecular flexibility index (Phi) is 4.38. The Morgan fingerprint density at radius 1 is 0.864 bits per heavy atom. The average Bonchev–Trinajstić information content (AvgIpc) is 2.91. The molecule has 0 aliphatic rings. The number of rotatable bonds is 5. The van der Waals surface area contributed by atoms with Crippen LogP contribution in [-0.2, 0) is 12.8 Å². The van der Waals surface area contributed by atoms with E-state index in [0.717, 1.165) is 42.2 Å². The minimum Gasteiger partial charge on any atom is -0.441 e. The molecule has 0 N–H and O–H groups in total. The van der Waals surface area contributed by atoms with Crippen molar-refractivity contribution in [1.29, 1.82) is 0 Å². The first-order valence-corrected chi connectivity index (χ1v) is 7.79. The molecule has 0 amide bonds. The molecule has 2 aromatic carbocycles. The van der Waals surface area contributed by atoms with Gasteiger partial charge in [-0.05, 0) is 50.8 Å². The van der Waals surface area contributed by atoms with Crippen molar-refractivity contribution in [2.75, 3.05) is 0 Å². The summed E-state index contributed by atoms with van der Waals surface area (Å²) in [7, 11) is 0. The first-order valence-electron chi connectivity index (χ1n) is 7.79. The number of hydrogen-bond donors (Lipinski definition) is 0. The minimum absolute atomic E-state index is 0.725. The Morgan fingerprint density at radius 2 is 1.59 bits per heavy atom. The molecular formula is C20H21NO. The Labute approximate surface area is 131 Å². The highest BCUT2D eigenvalue weighted by atomic mass is 16.4. The monoisotopic (exact) mass is 291 g/mol. The molecule has 0 atom stereocenters. The summed E-state index contributed by atoms with van der Waals surface area (Å²) in [5.41, 5.74) is 4.81. The highest BCUT2D eigenvalue weighted by molar-refractivity contribution is 5.53. The normalized spacial score (nSPS) is 10.8. The van der Waals surface area contributed by atoms with E-state index >= 15 is 0 Å². The molecule has 0 saturated carbocycles. The summed E-state index contributed by atoms with van der Waals surface area (Å²) in [5, 5.41) is 0. The summed E-state index contributed by atoms with van der Waals surface area (Å²) < 4.78 is 5.81. The van der Waals surface area contributed by atoms with Gasteiger partial charge in [-0.3, -0.25) is 0 Å². The molecule has 112 valence electrons. The minimum atomic E-state index is 0.725. The van der Waals surface area contributed by atoms with Gasteiger partial charge in [-0.2, -0.15) is 0 Å². The summed E-state index contributed by atoms with van der Waals surface area (Å²) in [6.45, 7) is 4.12. The summed E-state index contributed by atoms with van der Waals surface area (Å²) in [6.07, 6.45) is 3.12. The van der Waals surface area contributed by atoms with Crippen molar-refractivity contribution in [3.63, 3.8) is 0 Å². The van der Waals surface area contributed by atoms with Gasteiger partial charge in [0.25, 0.3) is 0 Å². The third-order valence-electron chi connectivity index (χ3n) is 3.91. The molecular weight excluding hydrogens is 270 g/mol. The average molecular weight is 291 g/mol. The van der Waals surface area contributed by atoms with E-state index in [1.807, 2.05) is 37.3 Å². The van der Waals surface area contributed by atoms with E-state index in [-0.39, 0.29) is 0 Å². The number of aromatic nitrogens is 1. The van der Waals surface area contributed by atoms with Gasteiger partial charge in [-0.25, -0.2) is 4.98 Å². The van der Waals surface area contributed by atoms with E-state index in [1.54, 1.807) is 0 Å². The Morgan fingerprint density at radius 3 is 2.32 bits per heavy atom. The van der Waals surface area contributed by atoms with Gasteiger partial charge < -0.3 is 4.42 Å². The zero-order chi connectivity index (χ0) is 15.4. The van der Waals surface area contributed by atoms with Crippen LogP contribution in [0.15, 0.2) is 59.0 Å². The molecule has 0 spiro atoms. The molecule has 0 bridgehead atoms. The van der Waals surface area contributed by atoms with E-state index in [4.69, 9.17) is 4.42 Å². The summed E-state index contributed by atoms with van der Waals surface area (Å²) in [4.78, 5) is 4.66. The molecule has 2 heteroatoms. The van der Waals surface area contributed by atoms with Gasteiger partial charge in [0.15, 0.2) is 0 Å². The van der Waals surface area contributed by atoms with Gasteiger partial charge in [0, 0.05) is 5.56 Å². The fraction of sp³-hybridized carbons (Fsp3) is 0.250. The molecule has 0 aliphatic carbocycles. The Hall–Kier alpha value is -2.35. The number of nitrogens with zero attached hydrogens (tertiary/aromatic N) is 1. The van der Waals surface area contributed by atoms with Gasteiger partial charge >= 0.3 is 0 Å². The fourth-order valence-electron chi connectivity index (χ4n) is 2.58. The quantitative estimate of drug-likeness (QED) is 0.651. The number of hydrogen-bond acceptors (Lipinski definition) is 2. The van der Waals surface area contributed by atoms with Crippen LogP contribution in [0.5, 0.6) is 0 Å². The van der Waals surface area contributed by atoms with Crippen LogP contribution in [0, 0.1) is 13.8 Å². The fourth-order valence-corrected chi connectivity index (χ4v) is 2.58. The summed E-state index contributed by atoms with van der Waals surface area (Å²) >= 11 is 0. The van der Waals surface area contributed by atoms with Crippen LogP contribution in [0.25, 0.3) is 11.5 Å². The van der Waals surface area contributed by atoms with Crippen molar-refractivity contribution < 1.29 is 4.42 Å². The molecule has 1 heterocycles. The maximum atomic E-state index is 5.81. The summed E-state index contributed by atoms with van der Waals surface area (Å²) in [6, 6.07) is 18.8. The van der Waals surface area contributed by atoms with E-state index in [1.165, 1.54) is 11.1 Å². The van der Waals surface area contributed by atoms with Crippen LogP contribution >= 0.6 is 0 Å². The smallest absolute Gasteiger partial charge is 0.226 e. The van der Waals surface area contributed by atoms with E-state index in [2.05, 4.69) is 36.2 Å². The lowest BCUT2D eigenvalue weighted by Gasteiger charge is -2.01. The lowest BCUT2D eigenvalue weighted by molar-refractivity contribution is 0.538. The summed E-state index contributed by atoms with van der Waals surface area (Å²) in [5.74, 6) is 1.66. The van der Waals surface area contributed by atoms with E-state index in [0.29, 0.717) is 0 Å². The molecule has 3 rings (SSSR count). The van der Waals surface area contributed by atoms with Crippen molar-refractivity contribution in [3.8, 4) is 11.5 Å². The van der Waals surface area contributed by atoms with E-state index < -0.39 is 0 Å². The third kappa shape index (κ3) is 3.45. The topological polar surface area (TPSA) is 26.0 Å². The zero-order valence-corrected chi connectivity index (χ0v) is 13.2. The van der Waals surface area contributed by atoms with Crippen molar-refractivity contribution in [2.24, 2.45) is 0 Å². The molecule has 1 aromatic heterocycles. The third-order valence-corrected chi connectivity index (χ3v) is 3.91. The van der Waals surface area contributed by atoms with Crippen LogP contribution in [0.3, 0.4) is 0 Å². The van der Waals surface area contributed by atoms with Gasteiger partial charge in [0.1, 0.15) is 5.76 Å². The predicted octanol–water partition coefficient (Wildman–Crippen LogP) is 5.13. The highest BCUT2D eigenvalue weighted by Gasteiger charge is 2.10. The number of benzene rings is 2. The molecule has 0 saturated heterocycles. The first kappa shape index (κ1) is 14.6. The Bertz CT molecular complexity index is 726. The van der Waals surface area contributed by atoms with Gasteiger partial charge in [0.2, 0.25) is 5.89 Å².